The number of primary amides is 1. The maximum atomic E-state index is 15.6. The molecule has 3 rings (SSSR count). The largest absolute Gasteiger partial charge is 0.482 e. The zero-order valence-electron chi connectivity index (χ0n) is 18.1. The molecule has 31 heavy (non-hydrogen) atoms. The molecule has 9 heteroatoms. The number of halogens is 2. The second-order valence-electron chi connectivity index (χ2n) is 7.21. The van der Waals surface area contributed by atoms with Crippen LogP contribution in [0.3, 0.4) is 0 Å². The molecular formula is C22H23ClFN3O4. The monoisotopic (exact) mass is 448 g/mol. The van der Waals surface area contributed by atoms with Crippen molar-refractivity contribution in [3.05, 3.63) is 57.9 Å². The maximum absolute atomic E-state index is 15.6. The number of carbonyl (C=O) groups is 3. The maximum Gasteiger partial charge on any atom is 0.262 e. The van der Waals surface area contributed by atoms with Crippen molar-refractivity contribution in [3.8, 4) is 5.75 Å². The lowest BCUT2D eigenvalue weighted by molar-refractivity contribution is -0.119. The number of benzene rings is 2. The van der Waals surface area contributed by atoms with Gasteiger partial charge in [0.2, 0.25) is 5.91 Å². The lowest BCUT2D eigenvalue weighted by Crippen LogP contribution is -2.34. The molecule has 0 bridgehead atoms. The molecule has 2 aromatic rings. The molecule has 0 aromatic heterocycles. The van der Waals surface area contributed by atoms with Gasteiger partial charge in [0.25, 0.3) is 5.91 Å². The first-order chi connectivity index (χ1) is 15.1. The van der Waals surface area contributed by atoms with Crippen LogP contribution in [0.1, 0.15) is 55.6 Å². The fraction of sp³-hybridized carbons (Fsp3) is 0.318. The van der Waals surface area contributed by atoms with Gasteiger partial charge in [0.05, 0.1) is 17.6 Å². The Morgan fingerprint density at radius 3 is 2.81 bits per heavy atom. The zero-order chi connectivity index (χ0) is 23.6. The van der Waals surface area contributed by atoms with E-state index in [1.165, 1.54) is 30.3 Å². The van der Waals surface area contributed by atoms with Gasteiger partial charge in [-0.25, -0.2) is 4.39 Å². The summed E-state index contributed by atoms with van der Waals surface area (Å²) < 4.78 is 29.7. The summed E-state index contributed by atoms with van der Waals surface area (Å²) in [5.41, 5.74) is 5.28. The second-order valence-corrected chi connectivity index (χ2v) is 7.62. The fourth-order valence-electron chi connectivity index (χ4n) is 3.37. The van der Waals surface area contributed by atoms with Gasteiger partial charge in [-0.15, -0.1) is 0 Å². The van der Waals surface area contributed by atoms with E-state index < -0.39 is 29.6 Å². The molecule has 0 aliphatic carbocycles. The van der Waals surface area contributed by atoms with Crippen molar-refractivity contribution in [2.24, 2.45) is 5.73 Å². The Morgan fingerprint density at radius 1 is 1.39 bits per heavy atom. The predicted octanol–water partition coefficient (Wildman–Crippen LogP) is 3.35. The highest BCUT2D eigenvalue weighted by atomic mass is 35.5. The molecule has 164 valence electrons. The Labute approximate surface area is 185 Å². The van der Waals surface area contributed by atoms with E-state index in [-0.39, 0.29) is 52.8 Å². The highest BCUT2D eigenvalue weighted by Crippen LogP contribution is 2.33. The first-order valence-electron chi connectivity index (χ1n) is 10.2. The number of carbonyl (C=O) groups excluding carboxylic acids is 3. The van der Waals surface area contributed by atoms with Gasteiger partial charge in [-0.1, -0.05) is 24.6 Å². The number of rotatable bonds is 8. The van der Waals surface area contributed by atoms with Crippen LogP contribution in [-0.4, -0.2) is 30.2 Å². The van der Waals surface area contributed by atoms with Crippen molar-refractivity contribution in [2.75, 3.05) is 11.9 Å². The highest BCUT2D eigenvalue weighted by molar-refractivity contribution is 6.35. The van der Waals surface area contributed by atoms with Crippen LogP contribution < -0.4 is 21.1 Å². The molecule has 1 aliphatic rings. The summed E-state index contributed by atoms with van der Waals surface area (Å²) in [6, 6.07) is 4.92. The number of nitrogens with one attached hydrogen (secondary N) is 2. The third kappa shape index (κ3) is 5.03. The quantitative estimate of drug-likeness (QED) is 0.536. The Balaban J connectivity index is 1.99. The topological polar surface area (TPSA) is 111 Å². The summed E-state index contributed by atoms with van der Waals surface area (Å²) in [6.07, 6.45) is 0.113. The Bertz CT molecular complexity index is 1100. The van der Waals surface area contributed by atoms with E-state index in [9.17, 15) is 14.4 Å². The molecule has 0 fully saturated rings. The van der Waals surface area contributed by atoms with E-state index in [2.05, 4.69) is 10.6 Å². The molecular weight excluding hydrogens is 425 g/mol. The van der Waals surface area contributed by atoms with Crippen LogP contribution in [0.4, 0.5) is 10.1 Å². The summed E-state index contributed by atoms with van der Waals surface area (Å²) in [5, 5.41) is 5.42. The lowest BCUT2D eigenvalue weighted by Gasteiger charge is -2.23. The first-order valence-corrected chi connectivity index (χ1v) is 10.1. The Hall–Kier alpha value is -2.97. The van der Waals surface area contributed by atoms with Crippen molar-refractivity contribution >= 4 is 34.9 Å². The van der Waals surface area contributed by atoms with Gasteiger partial charge in [0.15, 0.2) is 12.4 Å². The van der Waals surface area contributed by atoms with Crippen LogP contribution in [0.15, 0.2) is 30.3 Å². The average molecular weight is 449 g/mol. The summed E-state index contributed by atoms with van der Waals surface area (Å²) in [7, 11) is 0. The molecule has 0 saturated carbocycles. The van der Waals surface area contributed by atoms with Gasteiger partial charge in [-0.05, 0) is 37.6 Å². The van der Waals surface area contributed by atoms with E-state index in [1.807, 2.05) is 0 Å². The summed E-state index contributed by atoms with van der Waals surface area (Å²) in [5.74, 6) is -2.20. The number of ether oxygens (including phenoxy) is 1. The number of nitrogens with two attached hydrogens (primary N) is 1. The molecule has 1 heterocycles. The number of anilines is 1. The molecule has 2 aromatic carbocycles. The summed E-state index contributed by atoms with van der Waals surface area (Å²) >= 11 is 6.18. The number of amides is 2. The van der Waals surface area contributed by atoms with Crippen molar-refractivity contribution in [2.45, 2.75) is 38.7 Å². The lowest BCUT2D eigenvalue weighted by atomic mass is 9.95. The SMILES string of the molecule is [2H][C@](CC)(N[C@H](C)CC(N)=O)c1ccc(Cl)c(C(=O)c2ccc3c(c2)OCC(=O)N3)c1F. The predicted molar refractivity (Wildman–Crippen MR) is 115 cm³/mol. The molecule has 0 unspecified atom stereocenters. The van der Waals surface area contributed by atoms with E-state index in [1.54, 1.807) is 13.8 Å². The van der Waals surface area contributed by atoms with Crippen molar-refractivity contribution in [1.82, 2.24) is 5.32 Å². The van der Waals surface area contributed by atoms with Crippen molar-refractivity contribution < 1.29 is 24.9 Å². The van der Waals surface area contributed by atoms with E-state index >= 15 is 4.39 Å². The fourth-order valence-corrected chi connectivity index (χ4v) is 3.61. The van der Waals surface area contributed by atoms with Gasteiger partial charge in [-0.3, -0.25) is 14.4 Å². The van der Waals surface area contributed by atoms with E-state index in [4.69, 9.17) is 23.4 Å². The minimum atomic E-state index is -1.62. The molecule has 0 spiro atoms. The van der Waals surface area contributed by atoms with E-state index in [0.29, 0.717) is 5.69 Å². The summed E-state index contributed by atoms with van der Waals surface area (Å²) in [4.78, 5) is 35.8. The van der Waals surface area contributed by atoms with Crippen molar-refractivity contribution in [3.63, 3.8) is 0 Å². The minimum Gasteiger partial charge on any atom is -0.482 e. The van der Waals surface area contributed by atoms with Crippen LogP contribution >= 0.6 is 11.6 Å². The van der Waals surface area contributed by atoms with Crippen LogP contribution in [0.25, 0.3) is 0 Å². The van der Waals surface area contributed by atoms with Gasteiger partial charge in [0.1, 0.15) is 11.6 Å². The van der Waals surface area contributed by atoms with Crippen LogP contribution in [-0.2, 0) is 9.59 Å². The number of hydrogen-bond donors (Lipinski definition) is 3. The van der Waals surface area contributed by atoms with Crippen LogP contribution in [0.2, 0.25) is 5.02 Å². The molecule has 0 saturated heterocycles. The number of fused-ring (bicyclic) bond motifs is 1. The van der Waals surface area contributed by atoms with Crippen LogP contribution in [0, 0.1) is 5.82 Å². The number of hydrogen-bond acceptors (Lipinski definition) is 5. The third-order valence-electron chi connectivity index (χ3n) is 4.80. The first kappa shape index (κ1) is 21.3. The van der Waals surface area contributed by atoms with Gasteiger partial charge in [0, 0.05) is 29.6 Å². The van der Waals surface area contributed by atoms with E-state index in [0.717, 1.165) is 0 Å². The second kappa shape index (κ2) is 9.45. The van der Waals surface area contributed by atoms with Gasteiger partial charge < -0.3 is 21.1 Å². The van der Waals surface area contributed by atoms with Crippen molar-refractivity contribution in [1.29, 1.82) is 0 Å². The molecule has 2 atom stereocenters. The van der Waals surface area contributed by atoms with Gasteiger partial charge in [-0.2, -0.15) is 0 Å². The van der Waals surface area contributed by atoms with Crippen LogP contribution in [0.5, 0.6) is 5.75 Å². The molecule has 1 aliphatic heterocycles. The number of ketones is 1. The minimum absolute atomic E-state index is 0.0344. The molecule has 2 amide bonds. The Kier molecular flexibility index (Phi) is 6.48. The molecule has 7 nitrogen and oxygen atoms in total. The third-order valence-corrected chi connectivity index (χ3v) is 5.12. The average Bonchev–Trinajstić information content (AvgIpc) is 2.72. The normalized spacial score (nSPS) is 16.3. The van der Waals surface area contributed by atoms with Gasteiger partial charge >= 0.3 is 0 Å². The zero-order valence-corrected chi connectivity index (χ0v) is 17.8. The standard InChI is InChI=1S/C22H23ClFN3O4/c1-3-15(26-11(2)8-18(25)28)13-5-6-14(23)20(21(13)24)22(30)12-4-7-16-17(9-12)31-10-19(29)27-16/h4-7,9,11,15,26H,3,8,10H2,1-2H3,(H2,25,28)(H,27,29)/t11-,15-/m1/s1/i15D. The molecule has 0 radical (unpaired) electrons. The Morgan fingerprint density at radius 2 is 2.13 bits per heavy atom. The molecule has 4 N–H and O–H groups in total. The summed E-state index contributed by atoms with van der Waals surface area (Å²) in [6.45, 7) is 3.15. The smallest absolute Gasteiger partial charge is 0.262 e. The highest BCUT2D eigenvalue weighted by Gasteiger charge is 2.26.